The summed E-state index contributed by atoms with van der Waals surface area (Å²) in [4.78, 5) is 10.8. The first-order valence-corrected chi connectivity index (χ1v) is 10.2. The maximum atomic E-state index is 14.0. The largest absolute Gasteiger partial charge is 0.573 e. The Morgan fingerprint density at radius 3 is 2.56 bits per heavy atom. The molecule has 0 atom stereocenters. The van der Waals surface area contributed by atoms with Gasteiger partial charge in [0.05, 0.1) is 11.4 Å². The molecule has 0 fully saturated rings. The van der Waals surface area contributed by atoms with Gasteiger partial charge in [-0.15, -0.1) is 13.2 Å². The standard InChI is InChI=1S/C23H22F4N6O/c1-33(2)11-5-10-29-22-31-20(15-6-3-7-16(12-15)34-23(25,26)27)13-21(32-22)30-19-9-4-8-18(24)17(19)14-28/h3-4,6-9,12-13H,5,10-11H2,1-2H3,(H2,29,30,31,32). The van der Waals surface area contributed by atoms with E-state index in [1.54, 1.807) is 12.1 Å². The van der Waals surface area contributed by atoms with Crippen molar-refractivity contribution < 1.29 is 22.3 Å². The molecule has 0 saturated carbocycles. The summed E-state index contributed by atoms with van der Waals surface area (Å²) in [7, 11) is 3.89. The van der Waals surface area contributed by atoms with Crippen molar-refractivity contribution in [3.05, 3.63) is 59.9 Å². The van der Waals surface area contributed by atoms with Crippen LogP contribution in [-0.4, -0.2) is 48.4 Å². The molecular formula is C23H22F4N6O. The molecule has 0 unspecified atom stereocenters. The molecule has 0 spiro atoms. The first kappa shape index (κ1) is 24.7. The number of alkyl halides is 3. The number of nitriles is 1. The molecule has 1 heterocycles. The Bertz CT molecular complexity index is 1180. The first-order chi connectivity index (χ1) is 16.1. The van der Waals surface area contributed by atoms with Crippen molar-refractivity contribution in [2.75, 3.05) is 37.8 Å². The van der Waals surface area contributed by atoms with Gasteiger partial charge in [0.15, 0.2) is 0 Å². The van der Waals surface area contributed by atoms with Gasteiger partial charge in [0.2, 0.25) is 5.95 Å². The van der Waals surface area contributed by atoms with Gasteiger partial charge in [-0.2, -0.15) is 10.2 Å². The van der Waals surface area contributed by atoms with Crippen LogP contribution in [0.5, 0.6) is 5.75 Å². The van der Waals surface area contributed by atoms with Crippen molar-refractivity contribution in [1.29, 1.82) is 5.26 Å². The van der Waals surface area contributed by atoms with Crippen molar-refractivity contribution in [2.45, 2.75) is 12.8 Å². The van der Waals surface area contributed by atoms with Crippen molar-refractivity contribution in [3.8, 4) is 23.1 Å². The van der Waals surface area contributed by atoms with E-state index in [9.17, 15) is 22.8 Å². The van der Waals surface area contributed by atoms with Crippen molar-refractivity contribution >= 4 is 17.5 Å². The van der Waals surface area contributed by atoms with E-state index in [0.717, 1.165) is 13.0 Å². The predicted octanol–water partition coefficient (Wildman–Crippen LogP) is 5.16. The minimum atomic E-state index is -4.83. The molecule has 3 rings (SSSR count). The number of rotatable bonds is 9. The van der Waals surface area contributed by atoms with Gasteiger partial charge in [-0.25, -0.2) is 9.37 Å². The maximum absolute atomic E-state index is 14.0. The van der Waals surface area contributed by atoms with E-state index in [1.807, 2.05) is 19.0 Å². The Balaban J connectivity index is 1.96. The fraction of sp³-hybridized carbons (Fsp3) is 0.261. The van der Waals surface area contributed by atoms with Crippen LogP contribution in [0.2, 0.25) is 0 Å². The van der Waals surface area contributed by atoms with Gasteiger partial charge in [0.1, 0.15) is 29.0 Å². The quantitative estimate of drug-likeness (QED) is 0.327. The SMILES string of the molecule is CN(C)CCCNc1nc(Nc2cccc(F)c2C#N)cc(-c2cccc(OC(F)(F)F)c2)n1. The third-order valence-electron chi connectivity index (χ3n) is 4.54. The van der Waals surface area contributed by atoms with Crippen LogP contribution in [0.1, 0.15) is 12.0 Å². The summed E-state index contributed by atoms with van der Waals surface area (Å²) < 4.78 is 56.0. The number of aromatic nitrogens is 2. The van der Waals surface area contributed by atoms with Gasteiger partial charge >= 0.3 is 6.36 Å². The number of benzene rings is 2. The van der Waals surface area contributed by atoms with Gasteiger partial charge in [-0.3, -0.25) is 0 Å². The van der Waals surface area contributed by atoms with E-state index in [-0.39, 0.29) is 23.0 Å². The second-order valence-corrected chi connectivity index (χ2v) is 7.52. The normalized spacial score (nSPS) is 11.2. The number of nitrogens with one attached hydrogen (secondary N) is 2. The number of ether oxygens (including phenoxy) is 1. The third-order valence-corrected chi connectivity index (χ3v) is 4.54. The molecule has 0 saturated heterocycles. The fourth-order valence-electron chi connectivity index (χ4n) is 3.07. The molecule has 0 aliphatic rings. The second-order valence-electron chi connectivity index (χ2n) is 7.52. The summed E-state index contributed by atoms with van der Waals surface area (Å²) >= 11 is 0. The third kappa shape index (κ3) is 7.05. The van der Waals surface area contributed by atoms with E-state index < -0.39 is 17.9 Å². The number of hydrogen-bond donors (Lipinski definition) is 2. The Morgan fingerprint density at radius 1 is 1.09 bits per heavy atom. The molecule has 2 N–H and O–H groups in total. The predicted molar refractivity (Wildman–Crippen MR) is 120 cm³/mol. The molecule has 0 bridgehead atoms. The maximum Gasteiger partial charge on any atom is 0.573 e. The Hall–Kier alpha value is -3.91. The topological polar surface area (TPSA) is 86.1 Å². The molecule has 0 aliphatic heterocycles. The zero-order valence-electron chi connectivity index (χ0n) is 18.4. The van der Waals surface area contributed by atoms with Crippen molar-refractivity contribution in [3.63, 3.8) is 0 Å². The summed E-state index contributed by atoms with van der Waals surface area (Å²) in [5.74, 6) is -0.642. The zero-order valence-corrected chi connectivity index (χ0v) is 18.4. The minimum Gasteiger partial charge on any atom is -0.406 e. The Kier molecular flexibility index (Phi) is 7.86. The van der Waals surface area contributed by atoms with Gasteiger partial charge in [-0.1, -0.05) is 18.2 Å². The van der Waals surface area contributed by atoms with Gasteiger partial charge in [-0.05, 0) is 51.3 Å². The lowest BCUT2D eigenvalue weighted by atomic mass is 10.1. The van der Waals surface area contributed by atoms with Crippen LogP contribution < -0.4 is 15.4 Å². The number of nitrogens with zero attached hydrogens (tertiary/aromatic N) is 4. The van der Waals surface area contributed by atoms with E-state index in [1.165, 1.54) is 42.5 Å². The molecular weight excluding hydrogens is 452 g/mol. The summed E-state index contributed by atoms with van der Waals surface area (Å²) in [6, 6.07) is 12.8. The minimum absolute atomic E-state index is 0.191. The van der Waals surface area contributed by atoms with Crippen molar-refractivity contribution in [1.82, 2.24) is 14.9 Å². The van der Waals surface area contributed by atoms with Crippen LogP contribution in [0, 0.1) is 17.1 Å². The number of anilines is 3. The summed E-state index contributed by atoms with van der Waals surface area (Å²) in [6.45, 7) is 1.37. The second kappa shape index (κ2) is 10.8. The highest BCUT2D eigenvalue weighted by Crippen LogP contribution is 2.30. The molecule has 11 heteroatoms. The van der Waals surface area contributed by atoms with Crippen LogP contribution >= 0.6 is 0 Å². The van der Waals surface area contributed by atoms with E-state index in [4.69, 9.17) is 0 Å². The Labute approximate surface area is 194 Å². The molecule has 7 nitrogen and oxygen atoms in total. The molecule has 178 valence electrons. The summed E-state index contributed by atoms with van der Waals surface area (Å²) in [6.07, 6.45) is -4.04. The molecule has 0 aliphatic carbocycles. The Morgan fingerprint density at radius 2 is 1.85 bits per heavy atom. The highest BCUT2D eigenvalue weighted by Gasteiger charge is 2.31. The molecule has 34 heavy (non-hydrogen) atoms. The fourth-order valence-corrected chi connectivity index (χ4v) is 3.07. The first-order valence-electron chi connectivity index (χ1n) is 10.2. The van der Waals surface area contributed by atoms with Crippen LogP contribution in [0.25, 0.3) is 11.3 Å². The number of hydrogen-bond acceptors (Lipinski definition) is 7. The summed E-state index contributed by atoms with van der Waals surface area (Å²) in [5.41, 5.74) is 0.655. The van der Waals surface area contributed by atoms with Gasteiger partial charge in [0, 0.05) is 18.2 Å². The van der Waals surface area contributed by atoms with Crippen LogP contribution in [0.15, 0.2) is 48.5 Å². The molecule has 1 aromatic heterocycles. The lowest BCUT2D eigenvalue weighted by Crippen LogP contribution is -2.17. The van der Waals surface area contributed by atoms with Crippen LogP contribution in [0.3, 0.4) is 0 Å². The number of halogens is 4. The molecule has 0 amide bonds. The van der Waals surface area contributed by atoms with Gasteiger partial charge < -0.3 is 20.3 Å². The molecule has 0 radical (unpaired) electrons. The van der Waals surface area contributed by atoms with Gasteiger partial charge in [0.25, 0.3) is 0 Å². The van der Waals surface area contributed by atoms with Crippen LogP contribution in [-0.2, 0) is 0 Å². The highest BCUT2D eigenvalue weighted by atomic mass is 19.4. The lowest BCUT2D eigenvalue weighted by Gasteiger charge is -2.14. The molecule has 3 aromatic rings. The molecule has 2 aromatic carbocycles. The smallest absolute Gasteiger partial charge is 0.406 e. The average molecular weight is 474 g/mol. The van der Waals surface area contributed by atoms with Crippen LogP contribution in [0.4, 0.5) is 35.0 Å². The average Bonchev–Trinajstić information content (AvgIpc) is 2.76. The van der Waals surface area contributed by atoms with Crippen molar-refractivity contribution in [2.24, 2.45) is 0 Å². The summed E-state index contributed by atoms with van der Waals surface area (Å²) in [5, 5.41) is 15.3. The monoisotopic (exact) mass is 474 g/mol. The van der Waals surface area contributed by atoms with E-state index in [0.29, 0.717) is 17.8 Å². The van der Waals surface area contributed by atoms with E-state index >= 15 is 0 Å². The lowest BCUT2D eigenvalue weighted by molar-refractivity contribution is -0.274. The highest BCUT2D eigenvalue weighted by molar-refractivity contribution is 5.70. The van der Waals surface area contributed by atoms with E-state index in [2.05, 4.69) is 25.3 Å². The zero-order chi connectivity index (χ0) is 24.7.